The zero-order chi connectivity index (χ0) is 17.5. The molecule has 0 unspecified atom stereocenters. The summed E-state index contributed by atoms with van der Waals surface area (Å²) in [5, 5.41) is 11.6. The summed E-state index contributed by atoms with van der Waals surface area (Å²) in [5.41, 5.74) is 2.49. The molecule has 0 fully saturated rings. The van der Waals surface area contributed by atoms with Gasteiger partial charge in [-0.2, -0.15) is 0 Å². The lowest BCUT2D eigenvalue weighted by atomic mass is 10.1. The Morgan fingerprint density at radius 1 is 1.12 bits per heavy atom. The summed E-state index contributed by atoms with van der Waals surface area (Å²) in [5.74, 6) is -0.537. The van der Waals surface area contributed by atoms with Crippen LogP contribution in [0.4, 0.5) is 5.69 Å². The highest BCUT2D eigenvalue weighted by molar-refractivity contribution is 5.96. The Morgan fingerprint density at radius 2 is 1.83 bits per heavy atom. The van der Waals surface area contributed by atoms with Gasteiger partial charge in [0.2, 0.25) is 0 Å². The van der Waals surface area contributed by atoms with Crippen LogP contribution in [0.3, 0.4) is 0 Å². The minimum Gasteiger partial charge on any atom is -0.495 e. The van der Waals surface area contributed by atoms with E-state index in [1.165, 1.54) is 19.2 Å². The number of aliphatic hydroxyl groups excluding tert-OH is 1. The Labute approximate surface area is 140 Å². The highest BCUT2D eigenvalue weighted by atomic mass is 16.5. The molecule has 0 aliphatic rings. The molecule has 2 rings (SSSR count). The first kappa shape index (κ1) is 17.5. The van der Waals surface area contributed by atoms with E-state index in [0.717, 1.165) is 5.56 Å². The third kappa shape index (κ3) is 4.57. The topological polar surface area (TPSA) is 84.9 Å². The van der Waals surface area contributed by atoms with Crippen molar-refractivity contribution in [2.45, 2.75) is 13.5 Å². The number of carbonyl (C=O) groups is 2. The molecule has 126 valence electrons. The molecule has 0 aliphatic carbocycles. The van der Waals surface area contributed by atoms with Gasteiger partial charge in [0.05, 0.1) is 25.0 Å². The van der Waals surface area contributed by atoms with Gasteiger partial charge < -0.3 is 19.9 Å². The number of ether oxygens (including phenoxy) is 2. The smallest absolute Gasteiger partial charge is 0.338 e. The van der Waals surface area contributed by atoms with Crippen LogP contribution in [0.15, 0.2) is 42.5 Å². The van der Waals surface area contributed by atoms with E-state index in [-0.39, 0.29) is 6.61 Å². The van der Waals surface area contributed by atoms with Gasteiger partial charge in [0.25, 0.3) is 5.91 Å². The molecule has 1 amide bonds. The van der Waals surface area contributed by atoms with Crippen molar-refractivity contribution < 1.29 is 24.2 Å². The predicted molar refractivity (Wildman–Crippen MR) is 89.0 cm³/mol. The minimum atomic E-state index is -0.606. The van der Waals surface area contributed by atoms with Gasteiger partial charge in [0.15, 0.2) is 6.61 Å². The first-order valence-electron chi connectivity index (χ1n) is 7.35. The van der Waals surface area contributed by atoms with Crippen molar-refractivity contribution in [1.29, 1.82) is 0 Å². The third-order valence-electron chi connectivity index (χ3n) is 3.34. The number of hydrogen-bond donors (Lipinski definition) is 2. The summed E-state index contributed by atoms with van der Waals surface area (Å²) in [6, 6.07) is 11.7. The molecule has 0 radical (unpaired) electrons. The number of rotatable bonds is 6. The number of amides is 1. The SMILES string of the molecule is COc1ccc(C)cc1NC(=O)COC(=O)c1ccc(CO)cc1. The van der Waals surface area contributed by atoms with Crippen molar-refractivity contribution in [3.05, 3.63) is 59.2 Å². The van der Waals surface area contributed by atoms with Crippen LogP contribution >= 0.6 is 0 Å². The summed E-state index contributed by atoms with van der Waals surface area (Å²) >= 11 is 0. The van der Waals surface area contributed by atoms with Gasteiger partial charge in [-0.05, 0) is 42.3 Å². The minimum absolute atomic E-state index is 0.101. The lowest BCUT2D eigenvalue weighted by molar-refractivity contribution is -0.119. The Hall–Kier alpha value is -2.86. The number of carbonyl (C=O) groups excluding carboxylic acids is 2. The van der Waals surface area contributed by atoms with E-state index >= 15 is 0 Å². The van der Waals surface area contributed by atoms with E-state index in [1.807, 2.05) is 13.0 Å². The molecule has 6 nitrogen and oxygen atoms in total. The lowest BCUT2D eigenvalue weighted by Crippen LogP contribution is -2.21. The standard InChI is InChI=1S/C18H19NO5/c1-12-3-8-16(23-2)15(9-12)19-17(21)11-24-18(22)14-6-4-13(10-20)5-7-14/h3-9,20H,10-11H2,1-2H3,(H,19,21). The second-order valence-electron chi connectivity index (χ2n) is 5.18. The maximum absolute atomic E-state index is 12.0. The molecule has 0 atom stereocenters. The van der Waals surface area contributed by atoms with Crippen LogP contribution in [0.5, 0.6) is 5.75 Å². The number of aryl methyl sites for hydroxylation is 1. The highest BCUT2D eigenvalue weighted by Gasteiger charge is 2.12. The summed E-state index contributed by atoms with van der Waals surface area (Å²) < 4.78 is 10.2. The monoisotopic (exact) mass is 329 g/mol. The van der Waals surface area contributed by atoms with Crippen LogP contribution in [0.25, 0.3) is 0 Å². The molecule has 0 spiro atoms. The fourth-order valence-electron chi connectivity index (χ4n) is 2.07. The van der Waals surface area contributed by atoms with Gasteiger partial charge in [-0.1, -0.05) is 18.2 Å². The molecule has 0 aromatic heterocycles. The maximum Gasteiger partial charge on any atom is 0.338 e. The number of hydrogen-bond acceptors (Lipinski definition) is 5. The van der Waals surface area contributed by atoms with Crippen molar-refractivity contribution in [2.24, 2.45) is 0 Å². The molecule has 0 bridgehead atoms. The van der Waals surface area contributed by atoms with E-state index in [2.05, 4.69) is 5.32 Å². The zero-order valence-electron chi connectivity index (χ0n) is 13.5. The van der Waals surface area contributed by atoms with Crippen LogP contribution in [0.1, 0.15) is 21.5 Å². The second-order valence-corrected chi connectivity index (χ2v) is 5.18. The number of esters is 1. The number of anilines is 1. The van der Waals surface area contributed by atoms with E-state index in [0.29, 0.717) is 22.6 Å². The Kier molecular flexibility index (Phi) is 5.92. The van der Waals surface area contributed by atoms with Crippen molar-refractivity contribution in [1.82, 2.24) is 0 Å². The van der Waals surface area contributed by atoms with Crippen molar-refractivity contribution in [3.63, 3.8) is 0 Å². The molecular formula is C18H19NO5. The predicted octanol–water partition coefficient (Wildman–Crippen LogP) is 2.29. The largest absolute Gasteiger partial charge is 0.495 e. The highest BCUT2D eigenvalue weighted by Crippen LogP contribution is 2.25. The van der Waals surface area contributed by atoms with Crippen LogP contribution in [-0.4, -0.2) is 30.7 Å². The normalized spacial score (nSPS) is 10.1. The molecule has 0 aliphatic heterocycles. The average Bonchev–Trinajstić information content (AvgIpc) is 2.60. The molecule has 2 aromatic carbocycles. The quantitative estimate of drug-likeness (QED) is 0.794. The Balaban J connectivity index is 1.93. The number of nitrogens with one attached hydrogen (secondary N) is 1. The van der Waals surface area contributed by atoms with Crippen LogP contribution < -0.4 is 10.1 Å². The van der Waals surface area contributed by atoms with Crippen LogP contribution in [0.2, 0.25) is 0 Å². The molecule has 2 aromatic rings. The summed E-state index contributed by atoms with van der Waals surface area (Å²) in [6.45, 7) is 1.39. The Bertz CT molecular complexity index is 725. The van der Waals surface area contributed by atoms with Crippen LogP contribution in [0, 0.1) is 6.92 Å². The van der Waals surface area contributed by atoms with Gasteiger partial charge in [0.1, 0.15) is 5.75 Å². The molecule has 6 heteroatoms. The molecular weight excluding hydrogens is 310 g/mol. The van der Waals surface area contributed by atoms with E-state index in [1.54, 1.807) is 24.3 Å². The van der Waals surface area contributed by atoms with Crippen LogP contribution in [-0.2, 0) is 16.1 Å². The summed E-state index contributed by atoms with van der Waals surface area (Å²) in [6.07, 6.45) is 0. The van der Waals surface area contributed by atoms with Crippen molar-refractivity contribution >= 4 is 17.6 Å². The molecule has 2 N–H and O–H groups in total. The third-order valence-corrected chi connectivity index (χ3v) is 3.34. The van der Waals surface area contributed by atoms with E-state index < -0.39 is 18.5 Å². The van der Waals surface area contributed by atoms with Gasteiger partial charge >= 0.3 is 5.97 Å². The van der Waals surface area contributed by atoms with Gasteiger partial charge in [-0.3, -0.25) is 4.79 Å². The fourth-order valence-corrected chi connectivity index (χ4v) is 2.07. The molecule has 0 saturated carbocycles. The molecule has 24 heavy (non-hydrogen) atoms. The van der Waals surface area contributed by atoms with E-state index in [4.69, 9.17) is 14.6 Å². The summed E-state index contributed by atoms with van der Waals surface area (Å²) in [4.78, 5) is 23.8. The van der Waals surface area contributed by atoms with E-state index in [9.17, 15) is 9.59 Å². The maximum atomic E-state index is 12.0. The first-order valence-corrected chi connectivity index (χ1v) is 7.35. The molecule has 0 saturated heterocycles. The zero-order valence-corrected chi connectivity index (χ0v) is 13.5. The van der Waals surface area contributed by atoms with Gasteiger partial charge in [-0.15, -0.1) is 0 Å². The van der Waals surface area contributed by atoms with Gasteiger partial charge in [0, 0.05) is 0 Å². The Morgan fingerprint density at radius 3 is 2.46 bits per heavy atom. The summed E-state index contributed by atoms with van der Waals surface area (Å²) in [7, 11) is 1.51. The van der Waals surface area contributed by atoms with Crippen molar-refractivity contribution in [3.8, 4) is 5.75 Å². The lowest BCUT2D eigenvalue weighted by Gasteiger charge is -2.11. The number of benzene rings is 2. The number of aliphatic hydroxyl groups is 1. The van der Waals surface area contributed by atoms with Crippen molar-refractivity contribution in [2.75, 3.05) is 19.0 Å². The fraction of sp³-hybridized carbons (Fsp3) is 0.222. The second kappa shape index (κ2) is 8.12. The number of methoxy groups -OCH3 is 1. The molecule has 0 heterocycles. The van der Waals surface area contributed by atoms with Gasteiger partial charge in [-0.25, -0.2) is 4.79 Å². The first-order chi connectivity index (χ1) is 11.5. The average molecular weight is 329 g/mol.